The summed E-state index contributed by atoms with van der Waals surface area (Å²) in [6, 6.07) is 7.14. The maximum atomic E-state index is 11.3. The van der Waals surface area contributed by atoms with Crippen LogP contribution in [0.15, 0.2) is 24.3 Å². The summed E-state index contributed by atoms with van der Waals surface area (Å²) in [5.74, 6) is 0. The number of hydrogen-bond acceptors (Lipinski definition) is 4. The van der Waals surface area contributed by atoms with Crippen molar-refractivity contribution in [2.45, 2.75) is 68.9 Å². The van der Waals surface area contributed by atoms with Gasteiger partial charge in [0.15, 0.2) is 0 Å². The third-order valence-electron chi connectivity index (χ3n) is 6.50. The van der Waals surface area contributed by atoms with Crippen LogP contribution in [0.2, 0.25) is 5.31 Å². The van der Waals surface area contributed by atoms with Gasteiger partial charge in [0.2, 0.25) is 0 Å². The Bertz CT molecular complexity index is 664. The molecule has 0 N–H and O–H groups in total. The summed E-state index contributed by atoms with van der Waals surface area (Å²) in [6.07, 6.45) is 2.76. The number of nitro groups is 1. The summed E-state index contributed by atoms with van der Waals surface area (Å²) in [5, 5.41) is 11.3. The minimum Gasteiger partial charge on any atom is -0.403 e. The molecule has 5 rings (SSSR count). The Labute approximate surface area is 136 Å². The van der Waals surface area contributed by atoms with Crippen LogP contribution in [-0.4, -0.2) is 23.2 Å². The fraction of sp³-hybridized carbons (Fsp3) is 0.647. The quantitative estimate of drug-likeness (QED) is 0.483. The van der Waals surface area contributed by atoms with Crippen molar-refractivity contribution in [3.05, 3.63) is 39.9 Å². The minimum atomic E-state index is -0.320. The molecular weight excluding hydrogens is 293 g/mol. The monoisotopic (exact) mass is 315 g/mol. The fourth-order valence-electron chi connectivity index (χ4n) is 4.58. The molecular formula is C17H22BNO4. The molecule has 1 aliphatic heterocycles. The van der Waals surface area contributed by atoms with Crippen LogP contribution in [0.4, 0.5) is 5.69 Å². The van der Waals surface area contributed by atoms with Gasteiger partial charge in [-0.15, -0.1) is 0 Å². The van der Waals surface area contributed by atoms with E-state index in [2.05, 4.69) is 27.7 Å². The molecule has 1 aromatic carbocycles. The molecule has 0 spiro atoms. The van der Waals surface area contributed by atoms with Crippen LogP contribution in [0.1, 0.15) is 52.5 Å². The highest BCUT2D eigenvalue weighted by molar-refractivity contribution is 6.51. The number of rotatable bonds is 3. The van der Waals surface area contributed by atoms with E-state index in [-0.39, 0.29) is 39.7 Å². The molecule has 4 aliphatic rings. The molecule has 0 radical (unpaired) electrons. The molecule has 2 bridgehead atoms. The Morgan fingerprint density at radius 3 is 2.09 bits per heavy atom. The number of nitro benzene ring substituents is 1. The summed E-state index contributed by atoms with van der Waals surface area (Å²) in [6.45, 7) is 8.26. The number of nitrogens with zero attached hydrogens (tertiary/aromatic N) is 1. The molecule has 0 aromatic heterocycles. The van der Waals surface area contributed by atoms with Gasteiger partial charge < -0.3 is 9.31 Å². The largest absolute Gasteiger partial charge is 0.464 e. The summed E-state index contributed by atoms with van der Waals surface area (Å²) in [4.78, 5) is 11.0. The first kappa shape index (κ1) is 15.2. The Kier molecular flexibility index (Phi) is 2.74. The van der Waals surface area contributed by atoms with Crippen LogP contribution in [0, 0.1) is 10.1 Å². The van der Waals surface area contributed by atoms with Crippen molar-refractivity contribution in [1.82, 2.24) is 0 Å². The van der Waals surface area contributed by atoms with Gasteiger partial charge in [0.25, 0.3) is 5.69 Å². The maximum Gasteiger partial charge on any atom is 0.464 e. The van der Waals surface area contributed by atoms with Crippen LogP contribution in [0.3, 0.4) is 0 Å². The molecule has 3 aliphatic carbocycles. The molecule has 0 unspecified atom stereocenters. The zero-order chi connectivity index (χ0) is 16.7. The fourth-order valence-corrected chi connectivity index (χ4v) is 4.58. The van der Waals surface area contributed by atoms with E-state index in [9.17, 15) is 10.1 Å². The molecule has 3 saturated carbocycles. The third kappa shape index (κ3) is 1.82. The predicted octanol–water partition coefficient (Wildman–Crippen LogP) is 3.86. The van der Waals surface area contributed by atoms with Crippen LogP contribution in [0.5, 0.6) is 0 Å². The van der Waals surface area contributed by atoms with E-state index in [0.717, 1.165) is 24.8 Å². The first-order chi connectivity index (χ1) is 10.6. The van der Waals surface area contributed by atoms with Crippen molar-refractivity contribution >= 4 is 12.8 Å². The van der Waals surface area contributed by atoms with Crippen molar-refractivity contribution in [2.75, 3.05) is 0 Å². The van der Waals surface area contributed by atoms with Gasteiger partial charge in [0.1, 0.15) is 0 Å². The van der Waals surface area contributed by atoms with E-state index in [1.165, 1.54) is 0 Å². The highest BCUT2D eigenvalue weighted by Gasteiger charge is 2.77. The van der Waals surface area contributed by atoms with E-state index in [4.69, 9.17) is 9.31 Å². The summed E-state index contributed by atoms with van der Waals surface area (Å²) >= 11 is 0. The van der Waals surface area contributed by atoms with Crippen molar-refractivity contribution in [1.29, 1.82) is 0 Å². The molecule has 0 amide bonds. The second kappa shape index (κ2) is 4.17. The molecule has 6 heteroatoms. The van der Waals surface area contributed by atoms with E-state index in [1.807, 2.05) is 12.1 Å². The Morgan fingerprint density at radius 2 is 1.57 bits per heavy atom. The third-order valence-corrected chi connectivity index (χ3v) is 6.50. The van der Waals surface area contributed by atoms with E-state index in [0.29, 0.717) is 0 Å². The predicted molar refractivity (Wildman–Crippen MR) is 87.4 cm³/mol. The highest BCUT2D eigenvalue weighted by Crippen LogP contribution is 2.81. The first-order valence-electron chi connectivity index (χ1n) is 8.21. The van der Waals surface area contributed by atoms with Crippen molar-refractivity contribution in [3.63, 3.8) is 0 Å². The molecule has 1 aromatic rings. The zero-order valence-corrected chi connectivity index (χ0v) is 14.1. The molecule has 1 heterocycles. The molecule has 4 fully saturated rings. The van der Waals surface area contributed by atoms with E-state index >= 15 is 0 Å². The lowest BCUT2D eigenvalue weighted by molar-refractivity contribution is -0.386. The van der Waals surface area contributed by atoms with Gasteiger partial charge in [0.05, 0.1) is 16.1 Å². The van der Waals surface area contributed by atoms with Crippen molar-refractivity contribution < 1.29 is 14.2 Å². The van der Waals surface area contributed by atoms with Gasteiger partial charge in [0, 0.05) is 22.4 Å². The standard InChI is InChI=1S/C17H22BNO4/c1-14(2)15(3,4)23-18(22-14)17-9-16(10-17,11-17)12-7-5-6-8-13(12)19(20)21/h5-8H,9-11H2,1-4H3. The van der Waals surface area contributed by atoms with E-state index in [1.54, 1.807) is 12.1 Å². The SMILES string of the molecule is CC1(C)OB(C23CC(c4ccccc4[N+](=O)[O-])(C2)C3)OC1(C)C. The zero-order valence-electron chi connectivity index (χ0n) is 14.1. The van der Waals surface area contributed by atoms with Gasteiger partial charge in [-0.25, -0.2) is 0 Å². The molecule has 0 atom stereocenters. The molecule has 23 heavy (non-hydrogen) atoms. The summed E-state index contributed by atoms with van der Waals surface area (Å²) < 4.78 is 12.4. The van der Waals surface area contributed by atoms with Gasteiger partial charge in [-0.2, -0.15) is 0 Å². The van der Waals surface area contributed by atoms with Gasteiger partial charge in [-0.1, -0.05) is 18.2 Å². The van der Waals surface area contributed by atoms with Crippen LogP contribution in [-0.2, 0) is 14.7 Å². The van der Waals surface area contributed by atoms with Crippen molar-refractivity contribution in [2.24, 2.45) is 0 Å². The average Bonchev–Trinajstić information content (AvgIpc) is 2.55. The summed E-state index contributed by atoms with van der Waals surface area (Å²) in [5.41, 5.74) is 0.434. The second-order valence-electron chi connectivity index (χ2n) is 8.54. The smallest absolute Gasteiger partial charge is 0.403 e. The van der Waals surface area contributed by atoms with Crippen LogP contribution >= 0.6 is 0 Å². The first-order valence-corrected chi connectivity index (χ1v) is 8.21. The normalized spacial score (nSPS) is 36.3. The Balaban J connectivity index is 1.55. The van der Waals surface area contributed by atoms with E-state index < -0.39 is 0 Å². The lowest BCUT2D eigenvalue weighted by Crippen LogP contribution is -2.66. The second-order valence-corrected chi connectivity index (χ2v) is 8.54. The van der Waals surface area contributed by atoms with Gasteiger partial charge >= 0.3 is 7.12 Å². The summed E-state index contributed by atoms with van der Waals surface area (Å²) in [7, 11) is -0.197. The molecule has 5 nitrogen and oxygen atoms in total. The Morgan fingerprint density at radius 1 is 1.04 bits per heavy atom. The molecule has 122 valence electrons. The lowest BCUT2D eigenvalue weighted by atomic mass is 9.23. The molecule has 1 saturated heterocycles. The topological polar surface area (TPSA) is 61.6 Å². The van der Waals surface area contributed by atoms with Crippen LogP contribution in [0.25, 0.3) is 0 Å². The maximum absolute atomic E-state index is 11.3. The lowest BCUT2D eigenvalue weighted by Gasteiger charge is -2.71. The van der Waals surface area contributed by atoms with Gasteiger partial charge in [-0.05, 0) is 47.0 Å². The van der Waals surface area contributed by atoms with Gasteiger partial charge in [-0.3, -0.25) is 10.1 Å². The van der Waals surface area contributed by atoms with Crippen LogP contribution < -0.4 is 0 Å². The number of benzene rings is 1. The highest BCUT2D eigenvalue weighted by atomic mass is 16.7. The number of para-hydroxylation sites is 1. The number of hydrogen-bond donors (Lipinski definition) is 0. The van der Waals surface area contributed by atoms with Crippen molar-refractivity contribution in [3.8, 4) is 0 Å². The average molecular weight is 315 g/mol. The minimum absolute atomic E-state index is 0.0365. The Hall–Kier alpha value is -1.40.